The van der Waals surface area contributed by atoms with E-state index in [1.54, 1.807) is 0 Å². The van der Waals surface area contributed by atoms with E-state index in [1.165, 1.54) is 0 Å². The van der Waals surface area contributed by atoms with Crippen LogP contribution in [0.15, 0.2) is 42.5 Å². The van der Waals surface area contributed by atoms with Crippen LogP contribution in [-0.4, -0.2) is 25.1 Å². The Bertz CT molecular complexity index is 769. The summed E-state index contributed by atoms with van der Waals surface area (Å²) in [6.07, 6.45) is 0. The highest BCUT2D eigenvalue weighted by atomic mass is 16.7. The van der Waals surface area contributed by atoms with Gasteiger partial charge in [-0.25, -0.2) is 0 Å². The van der Waals surface area contributed by atoms with E-state index in [9.17, 15) is 0 Å². The Kier molecular flexibility index (Phi) is 3.70. The van der Waals surface area contributed by atoms with E-state index < -0.39 is 0 Å². The summed E-state index contributed by atoms with van der Waals surface area (Å²) in [7, 11) is -0.371. The van der Waals surface area contributed by atoms with Crippen LogP contribution in [-0.2, 0) is 9.31 Å². The minimum Gasteiger partial charge on any atom is -0.457 e. The van der Waals surface area contributed by atoms with Gasteiger partial charge in [0.2, 0.25) is 6.79 Å². The van der Waals surface area contributed by atoms with Gasteiger partial charge in [-0.2, -0.15) is 0 Å². The normalized spacial score (nSPS) is 19.9. The van der Waals surface area contributed by atoms with Crippen LogP contribution in [0.1, 0.15) is 27.7 Å². The van der Waals surface area contributed by atoms with E-state index in [4.69, 9.17) is 23.5 Å². The van der Waals surface area contributed by atoms with Crippen molar-refractivity contribution in [3.05, 3.63) is 42.5 Å². The summed E-state index contributed by atoms with van der Waals surface area (Å²) in [6.45, 7) is 8.43. The maximum atomic E-state index is 6.07. The average molecular weight is 340 g/mol. The van der Waals surface area contributed by atoms with Gasteiger partial charge in [-0.05, 0) is 57.4 Å². The molecule has 130 valence electrons. The van der Waals surface area contributed by atoms with Crippen molar-refractivity contribution in [1.29, 1.82) is 0 Å². The summed E-state index contributed by atoms with van der Waals surface area (Å²) in [4.78, 5) is 0. The van der Waals surface area contributed by atoms with Crippen molar-refractivity contribution < 1.29 is 23.5 Å². The highest BCUT2D eigenvalue weighted by molar-refractivity contribution is 6.62. The molecule has 2 heterocycles. The van der Waals surface area contributed by atoms with E-state index in [-0.39, 0.29) is 25.1 Å². The van der Waals surface area contributed by atoms with Crippen LogP contribution in [0.4, 0.5) is 0 Å². The molecule has 2 aliphatic heterocycles. The SMILES string of the molecule is CC1(C)OB(c2ccc(Oc3ccc4c(c3)OCO4)cc2)OC1(C)C. The number of fused-ring (bicyclic) bond motifs is 1. The predicted molar refractivity (Wildman–Crippen MR) is 94.8 cm³/mol. The molecule has 0 spiro atoms. The first-order chi connectivity index (χ1) is 11.8. The van der Waals surface area contributed by atoms with Gasteiger partial charge < -0.3 is 23.5 Å². The zero-order valence-corrected chi connectivity index (χ0v) is 14.9. The maximum absolute atomic E-state index is 6.07. The second-order valence-corrected chi connectivity index (χ2v) is 7.27. The largest absolute Gasteiger partial charge is 0.494 e. The highest BCUT2D eigenvalue weighted by Crippen LogP contribution is 2.38. The molecule has 0 atom stereocenters. The summed E-state index contributed by atoms with van der Waals surface area (Å²) in [5, 5.41) is 0. The summed E-state index contributed by atoms with van der Waals surface area (Å²) in [5.74, 6) is 2.88. The number of hydrogen-bond acceptors (Lipinski definition) is 5. The fourth-order valence-electron chi connectivity index (χ4n) is 2.75. The third kappa shape index (κ3) is 2.96. The molecule has 1 fully saturated rings. The number of benzene rings is 2. The third-order valence-electron chi connectivity index (χ3n) is 4.99. The van der Waals surface area contributed by atoms with E-state index in [2.05, 4.69) is 0 Å². The molecule has 0 N–H and O–H groups in total. The molecule has 1 saturated heterocycles. The summed E-state index contributed by atoms with van der Waals surface area (Å²) in [5.41, 5.74) is 0.273. The molecule has 0 unspecified atom stereocenters. The Morgan fingerprint density at radius 3 is 2.08 bits per heavy atom. The van der Waals surface area contributed by atoms with Gasteiger partial charge in [0, 0.05) is 6.07 Å². The second kappa shape index (κ2) is 5.68. The van der Waals surface area contributed by atoms with Gasteiger partial charge in [0.25, 0.3) is 0 Å². The molecule has 2 aromatic carbocycles. The van der Waals surface area contributed by atoms with Crippen LogP contribution in [0.25, 0.3) is 0 Å². The number of ether oxygens (including phenoxy) is 3. The molecule has 25 heavy (non-hydrogen) atoms. The van der Waals surface area contributed by atoms with Crippen molar-refractivity contribution in [2.45, 2.75) is 38.9 Å². The monoisotopic (exact) mass is 340 g/mol. The van der Waals surface area contributed by atoms with Crippen molar-refractivity contribution in [2.24, 2.45) is 0 Å². The van der Waals surface area contributed by atoms with Crippen molar-refractivity contribution in [2.75, 3.05) is 6.79 Å². The fraction of sp³-hybridized carbons (Fsp3) is 0.368. The Hall–Kier alpha value is -2.18. The summed E-state index contributed by atoms with van der Waals surface area (Å²) in [6, 6.07) is 13.3. The van der Waals surface area contributed by atoms with E-state index >= 15 is 0 Å². The molecule has 5 nitrogen and oxygen atoms in total. The first kappa shape index (κ1) is 16.3. The molecule has 0 saturated carbocycles. The molecule has 0 aliphatic carbocycles. The van der Waals surface area contributed by atoms with Crippen LogP contribution in [0.3, 0.4) is 0 Å². The average Bonchev–Trinajstić information content (AvgIpc) is 3.10. The number of rotatable bonds is 3. The zero-order valence-electron chi connectivity index (χ0n) is 14.9. The molecule has 0 aromatic heterocycles. The Morgan fingerprint density at radius 1 is 0.800 bits per heavy atom. The first-order valence-electron chi connectivity index (χ1n) is 8.37. The third-order valence-corrected chi connectivity index (χ3v) is 4.99. The highest BCUT2D eigenvalue weighted by Gasteiger charge is 2.51. The molecule has 0 radical (unpaired) electrons. The van der Waals surface area contributed by atoms with Gasteiger partial charge in [0.1, 0.15) is 11.5 Å². The van der Waals surface area contributed by atoms with Crippen molar-refractivity contribution in [3.8, 4) is 23.0 Å². The van der Waals surface area contributed by atoms with Crippen LogP contribution in [0.5, 0.6) is 23.0 Å². The molecule has 2 aliphatic rings. The Labute approximate surface area is 147 Å². The van der Waals surface area contributed by atoms with Gasteiger partial charge in [-0.1, -0.05) is 12.1 Å². The predicted octanol–water partition coefficient (Wildman–Crippen LogP) is 3.51. The van der Waals surface area contributed by atoms with Gasteiger partial charge >= 0.3 is 7.12 Å². The lowest BCUT2D eigenvalue weighted by molar-refractivity contribution is 0.00578. The van der Waals surface area contributed by atoms with Crippen LogP contribution < -0.4 is 19.7 Å². The molecular formula is C19H21BO5. The molecule has 6 heteroatoms. The lowest BCUT2D eigenvalue weighted by atomic mass is 9.79. The molecule has 0 amide bonds. The maximum Gasteiger partial charge on any atom is 0.494 e. The van der Waals surface area contributed by atoms with Crippen molar-refractivity contribution >= 4 is 12.6 Å². The molecule has 4 rings (SSSR count). The minimum atomic E-state index is -0.371. The molecule has 0 bridgehead atoms. The van der Waals surface area contributed by atoms with Gasteiger partial charge in [-0.15, -0.1) is 0 Å². The lowest BCUT2D eigenvalue weighted by Crippen LogP contribution is -2.41. The van der Waals surface area contributed by atoms with E-state index in [0.29, 0.717) is 11.5 Å². The van der Waals surface area contributed by atoms with Crippen LogP contribution >= 0.6 is 0 Å². The van der Waals surface area contributed by atoms with Crippen LogP contribution in [0, 0.1) is 0 Å². The van der Waals surface area contributed by atoms with Gasteiger partial charge in [-0.3, -0.25) is 0 Å². The van der Waals surface area contributed by atoms with Crippen molar-refractivity contribution in [3.63, 3.8) is 0 Å². The standard InChI is InChI=1S/C19H21BO5/c1-18(2)19(3,4)25-20(24-18)13-5-7-14(8-6-13)23-15-9-10-16-17(11-15)22-12-21-16/h5-11H,12H2,1-4H3. The first-order valence-corrected chi connectivity index (χ1v) is 8.37. The molecular weight excluding hydrogens is 319 g/mol. The second-order valence-electron chi connectivity index (χ2n) is 7.27. The zero-order chi connectivity index (χ0) is 17.7. The quantitative estimate of drug-likeness (QED) is 0.801. The summed E-state index contributed by atoms with van der Waals surface area (Å²) < 4.78 is 28.7. The topological polar surface area (TPSA) is 46.2 Å². The summed E-state index contributed by atoms with van der Waals surface area (Å²) >= 11 is 0. The smallest absolute Gasteiger partial charge is 0.457 e. The van der Waals surface area contributed by atoms with Gasteiger partial charge in [0.15, 0.2) is 11.5 Å². The fourth-order valence-corrected chi connectivity index (χ4v) is 2.75. The Balaban J connectivity index is 1.48. The van der Waals surface area contributed by atoms with E-state index in [0.717, 1.165) is 17.0 Å². The molecule has 2 aromatic rings. The van der Waals surface area contributed by atoms with Crippen LogP contribution in [0.2, 0.25) is 0 Å². The van der Waals surface area contributed by atoms with Gasteiger partial charge in [0.05, 0.1) is 11.2 Å². The van der Waals surface area contributed by atoms with E-state index in [1.807, 2.05) is 70.2 Å². The Morgan fingerprint density at radius 2 is 1.40 bits per heavy atom. The lowest BCUT2D eigenvalue weighted by Gasteiger charge is -2.32. The van der Waals surface area contributed by atoms with Crippen molar-refractivity contribution in [1.82, 2.24) is 0 Å². The minimum absolute atomic E-state index is 0.252. The number of hydrogen-bond donors (Lipinski definition) is 0.